The standard InChI is InChI=1S/C14H20N2O/c1-11(17)3-2-7-15-10-12-4-5-14-13(9-12)6-8-16-14/h4-6,8-9,11,15-17H,2-3,7,10H2,1H3. The van der Waals surface area contributed by atoms with Crippen LogP contribution in [0.25, 0.3) is 10.9 Å². The van der Waals surface area contributed by atoms with Gasteiger partial charge in [0.25, 0.3) is 0 Å². The van der Waals surface area contributed by atoms with Gasteiger partial charge in [-0.25, -0.2) is 0 Å². The Labute approximate surface area is 102 Å². The summed E-state index contributed by atoms with van der Waals surface area (Å²) >= 11 is 0. The van der Waals surface area contributed by atoms with Crippen LogP contribution in [0.5, 0.6) is 0 Å². The highest BCUT2D eigenvalue weighted by atomic mass is 16.3. The van der Waals surface area contributed by atoms with Crippen molar-refractivity contribution >= 4 is 10.9 Å². The number of H-pyrrole nitrogens is 1. The summed E-state index contributed by atoms with van der Waals surface area (Å²) in [5, 5.41) is 13.8. The molecule has 2 rings (SSSR count). The van der Waals surface area contributed by atoms with Crippen LogP contribution in [0.15, 0.2) is 30.5 Å². The fourth-order valence-electron chi connectivity index (χ4n) is 1.97. The van der Waals surface area contributed by atoms with Crippen LogP contribution >= 0.6 is 0 Å². The minimum atomic E-state index is -0.187. The topological polar surface area (TPSA) is 48.0 Å². The van der Waals surface area contributed by atoms with E-state index in [2.05, 4.69) is 34.6 Å². The van der Waals surface area contributed by atoms with Gasteiger partial charge in [0.1, 0.15) is 0 Å². The van der Waals surface area contributed by atoms with E-state index in [9.17, 15) is 0 Å². The van der Waals surface area contributed by atoms with Crippen molar-refractivity contribution in [2.45, 2.75) is 32.4 Å². The summed E-state index contributed by atoms with van der Waals surface area (Å²) < 4.78 is 0. The maximum Gasteiger partial charge on any atom is 0.0512 e. The van der Waals surface area contributed by atoms with E-state index in [0.29, 0.717) is 0 Å². The van der Waals surface area contributed by atoms with Gasteiger partial charge in [0, 0.05) is 18.3 Å². The van der Waals surface area contributed by atoms with Gasteiger partial charge in [-0.05, 0) is 55.5 Å². The fourth-order valence-corrected chi connectivity index (χ4v) is 1.97. The lowest BCUT2D eigenvalue weighted by Crippen LogP contribution is -2.16. The first-order chi connectivity index (χ1) is 8.25. The number of nitrogens with one attached hydrogen (secondary N) is 2. The molecular weight excluding hydrogens is 212 g/mol. The van der Waals surface area contributed by atoms with E-state index in [1.165, 1.54) is 16.5 Å². The zero-order chi connectivity index (χ0) is 12.1. The number of hydrogen-bond donors (Lipinski definition) is 3. The third-order valence-electron chi connectivity index (χ3n) is 2.92. The largest absolute Gasteiger partial charge is 0.393 e. The van der Waals surface area contributed by atoms with Crippen LogP contribution in [0.2, 0.25) is 0 Å². The molecule has 0 radical (unpaired) electrons. The van der Waals surface area contributed by atoms with Crippen molar-refractivity contribution in [3.8, 4) is 0 Å². The van der Waals surface area contributed by atoms with Gasteiger partial charge in [-0.3, -0.25) is 0 Å². The number of hydrogen-bond acceptors (Lipinski definition) is 2. The van der Waals surface area contributed by atoms with Crippen molar-refractivity contribution in [3.63, 3.8) is 0 Å². The van der Waals surface area contributed by atoms with Crippen LogP contribution in [-0.4, -0.2) is 22.7 Å². The van der Waals surface area contributed by atoms with Crippen molar-refractivity contribution < 1.29 is 5.11 Å². The molecule has 0 bridgehead atoms. The Kier molecular flexibility index (Phi) is 4.18. The van der Waals surface area contributed by atoms with E-state index in [0.717, 1.165) is 25.9 Å². The summed E-state index contributed by atoms with van der Waals surface area (Å²) in [6.45, 7) is 3.68. The van der Waals surface area contributed by atoms with Crippen LogP contribution in [0, 0.1) is 0 Å². The van der Waals surface area contributed by atoms with Crippen LogP contribution in [0.1, 0.15) is 25.3 Å². The van der Waals surface area contributed by atoms with Gasteiger partial charge in [-0.2, -0.15) is 0 Å². The molecule has 3 nitrogen and oxygen atoms in total. The second kappa shape index (κ2) is 5.84. The molecule has 0 aliphatic heterocycles. The van der Waals surface area contributed by atoms with Gasteiger partial charge in [0.15, 0.2) is 0 Å². The molecule has 0 aliphatic rings. The first-order valence-corrected chi connectivity index (χ1v) is 6.20. The molecule has 0 amide bonds. The highest BCUT2D eigenvalue weighted by Crippen LogP contribution is 2.13. The highest BCUT2D eigenvalue weighted by molar-refractivity contribution is 5.79. The summed E-state index contributed by atoms with van der Waals surface area (Å²) in [6.07, 6.45) is 3.66. The van der Waals surface area contributed by atoms with E-state index in [1.54, 1.807) is 0 Å². The second-order valence-electron chi connectivity index (χ2n) is 4.57. The van der Waals surface area contributed by atoms with Gasteiger partial charge in [0.2, 0.25) is 0 Å². The maximum absolute atomic E-state index is 9.13. The fraction of sp³-hybridized carbons (Fsp3) is 0.429. The summed E-state index contributed by atoms with van der Waals surface area (Å²) in [5.41, 5.74) is 2.48. The molecule has 1 aromatic carbocycles. The smallest absolute Gasteiger partial charge is 0.0512 e. The number of aromatic amines is 1. The first kappa shape index (κ1) is 12.1. The monoisotopic (exact) mass is 232 g/mol. The lowest BCUT2D eigenvalue weighted by atomic mass is 10.1. The average Bonchev–Trinajstić information content (AvgIpc) is 2.75. The lowest BCUT2D eigenvalue weighted by molar-refractivity contribution is 0.181. The van der Waals surface area contributed by atoms with E-state index < -0.39 is 0 Å². The average molecular weight is 232 g/mol. The number of aliphatic hydroxyl groups excluding tert-OH is 1. The molecular formula is C14H20N2O. The van der Waals surface area contributed by atoms with Gasteiger partial charge in [-0.1, -0.05) is 6.07 Å². The molecule has 92 valence electrons. The normalized spacial score (nSPS) is 13.1. The Balaban J connectivity index is 1.78. The maximum atomic E-state index is 9.13. The van der Waals surface area contributed by atoms with Crippen LogP contribution < -0.4 is 5.32 Å². The molecule has 2 aromatic rings. The molecule has 1 atom stereocenters. The minimum absolute atomic E-state index is 0.187. The van der Waals surface area contributed by atoms with Gasteiger partial charge in [-0.15, -0.1) is 0 Å². The second-order valence-corrected chi connectivity index (χ2v) is 4.57. The third-order valence-corrected chi connectivity index (χ3v) is 2.92. The number of rotatable bonds is 6. The number of benzene rings is 1. The molecule has 3 N–H and O–H groups in total. The van der Waals surface area contributed by atoms with Gasteiger partial charge in [0.05, 0.1) is 6.10 Å². The van der Waals surface area contributed by atoms with E-state index in [1.807, 2.05) is 13.1 Å². The molecule has 1 aromatic heterocycles. The zero-order valence-electron chi connectivity index (χ0n) is 10.2. The SMILES string of the molecule is CC(O)CCCNCc1ccc2[nH]ccc2c1. The summed E-state index contributed by atoms with van der Waals surface area (Å²) in [4.78, 5) is 3.19. The lowest BCUT2D eigenvalue weighted by Gasteiger charge is -2.06. The molecule has 17 heavy (non-hydrogen) atoms. The Bertz CT molecular complexity index is 462. The van der Waals surface area contributed by atoms with E-state index >= 15 is 0 Å². The molecule has 1 unspecified atom stereocenters. The summed E-state index contributed by atoms with van der Waals surface area (Å²) in [6, 6.07) is 8.54. The van der Waals surface area contributed by atoms with Crippen molar-refractivity contribution in [1.29, 1.82) is 0 Å². The Hall–Kier alpha value is -1.32. The molecule has 0 fully saturated rings. The molecule has 0 spiro atoms. The molecule has 3 heteroatoms. The first-order valence-electron chi connectivity index (χ1n) is 6.20. The van der Waals surface area contributed by atoms with Crippen LogP contribution in [-0.2, 0) is 6.54 Å². The Morgan fingerprint density at radius 2 is 2.24 bits per heavy atom. The summed E-state index contributed by atoms with van der Waals surface area (Å²) in [7, 11) is 0. The van der Waals surface area contributed by atoms with Crippen molar-refractivity contribution in [1.82, 2.24) is 10.3 Å². The number of aliphatic hydroxyl groups is 1. The third kappa shape index (κ3) is 3.58. The predicted octanol–water partition coefficient (Wildman–Crippen LogP) is 2.42. The predicted molar refractivity (Wildman–Crippen MR) is 70.9 cm³/mol. The van der Waals surface area contributed by atoms with Crippen LogP contribution in [0.4, 0.5) is 0 Å². The van der Waals surface area contributed by atoms with E-state index in [4.69, 9.17) is 5.11 Å². The molecule has 0 saturated carbocycles. The van der Waals surface area contributed by atoms with Crippen LogP contribution in [0.3, 0.4) is 0 Å². The van der Waals surface area contributed by atoms with Gasteiger partial charge >= 0.3 is 0 Å². The van der Waals surface area contributed by atoms with Crippen molar-refractivity contribution in [2.24, 2.45) is 0 Å². The quantitative estimate of drug-likeness (QED) is 0.670. The highest BCUT2D eigenvalue weighted by Gasteiger charge is 1.98. The number of aromatic nitrogens is 1. The Morgan fingerprint density at radius 3 is 3.06 bits per heavy atom. The van der Waals surface area contributed by atoms with Crippen molar-refractivity contribution in [3.05, 3.63) is 36.0 Å². The van der Waals surface area contributed by atoms with E-state index in [-0.39, 0.29) is 6.10 Å². The van der Waals surface area contributed by atoms with Crippen molar-refractivity contribution in [2.75, 3.05) is 6.54 Å². The summed E-state index contributed by atoms with van der Waals surface area (Å²) in [5.74, 6) is 0. The molecule has 0 saturated heterocycles. The van der Waals surface area contributed by atoms with Gasteiger partial charge < -0.3 is 15.4 Å². The molecule has 0 aliphatic carbocycles. The zero-order valence-corrected chi connectivity index (χ0v) is 10.2. The number of fused-ring (bicyclic) bond motifs is 1. The molecule has 1 heterocycles. The minimum Gasteiger partial charge on any atom is -0.393 e. The Morgan fingerprint density at radius 1 is 1.35 bits per heavy atom.